The zero-order valence-electron chi connectivity index (χ0n) is 11.5. The molecule has 3 nitrogen and oxygen atoms in total. The lowest BCUT2D eigenvalue weighted by Gasteiger charge is -2.39. The Morgan fingerprint density at radius 1 is 1.05 bits per heavy atom. The van der Waals surface area contributed by atoms with Gasteiger partial charge in [0.25, 0.3) is 5.91 Å². The Kier molecular flexibility index (Phi) is 4.32. The van der Waals surface area contributed by atoms with Gasteiger partial charge in [-0.05, 0) is 23.8 Å². The van der Waals surface area contributed by atoms with Crippen LogP contribution in [0.1, 0.15) is 20.7 Å². The number of fused-ring (bicyclic) bond motifs is 1. The minimum Gasteiger partial charge on any atom is -0.290 e. The molecule has 0 fully saturated rings. The van der Waals surface area contributed by atoms with Crippen molar-refractivity contribution in [3.05, 3.63) is 65.7 Å². The number of nitriles is 1. The van der Waals surface area contributed by atoms with E-state index in [9.17, 15) is 10.1 Å². The number of hydrogen-bond acceptors (Lipinski definition) is 2. The number of benzene rings is 2. The van der Waals surface area contributed by atoms with Crippen molar-refractivity contribution in [1.82, 2.24) is 0 Å². The predicted molar refractivity (Wildman–Crippen MR) is 93.5 cm³/mol. The lowest BCUT2D eigenvalue weighted by atomic mass is 9.95. The summed E-state index contributed by atoms with van der Waals surface area (Å²) in [7, 11) is 0. The molecule has 2 aromatic rings. The largest absolute Gasteiger partial charge is 0.290 e. The number of para-hydroxylation sites is 1. The Morgan fingerprint density at radius 3 is 2.36 bits per heavy atom. The van der Waals surface area contributed by atoms with Crippen molar-refractivity contribution in [3.8, 4) is 6.07 Å². The molecule has 1 amide bonds. The topological polar surface area (TPSA) is 44.1 Å². The average molecular weight is 420 g/mol. The molecule has 5 heteroatoms. The number of hydrogen-bond donors (Lipinski definition) is 0. The van der Waals surface area contributed by atoms with Crippen molar-refractivity contribution in [2.45, 2.75) is 15.7 Å². The predicted octanol–water partition coefficient (Wildman–Crippen LogP) is 4.44. The Labute approximate surface area is 145 Å². The first-order valence-electron chi connectivity index (χ1n) is 6.80. The number of rotatable bonds is 1. The van der Waals surface area contributed by atoms with E-state index in [1.807, 2.05) is 42.5 Å². The van der Waals surface area contributed by atoms with Gasteiger partial charge in [0.15, 0.2) is 0 Å². The first-order chi connectivity index (χ1) is 10.6. The van der Waals surface area contributed by atoms with Gasteiger partial charge in [-0.25, -0.2) is 0 Å². The van der Waals surface area contributed by atoms with Crippen molar-refractivity contribution in [3.63, 3.8) is 0 Å². The van der Waals surface area contributed by atoms with E-state index in [4.69, 9.17) is 0 Å². The van der Waals surface area contributed by atoms with E-state index in [2.05, 4.69) is 37.9 Å². The highest BCUT2D eigenvalue weighted by atomic mass is 79.9. The van der Waals surface area contributed by atoms with E-state index in [0.29, 0.717) is 5.56 Å². The highest BCUT2D eigenvalue weighted by Crippen LogP contribution is 2.45. The maximum atomic E-state index is 12.9. The standard InChI is InChI=1S/C17H12Br2N2O/c18-15-12-8-4-5-9-13(12)21(14(10-20)16(15)19)17(22)11-6-2-1-3-7-11/h1-9,14-16H. The fourth-order valence-corrected chi connectivity index (χ4v) is 3.96. The van der Waals surface area contributed by atoms with Gasteiger partial charge >= 0.3 is 0 Å². The van der Waals surface area contributed by atoms with Crippen molar-refractivity contribution in [2.24, 2.45) is 0 Å². The molecule has 3 atom stereocenters. The smallest absolute Gasteiger partial charge is 0.259 e. The molecule has 0 aromatic heterocycles. The third-order valence-corrected chi connectivity index (χ3v) is 6.53. The van der Waals surface area contributed by atoms with E-state index >= 15 is 0 Å². The Morgan fingerprint density at radius 2 is 1.68 bits per heavy atom. The lowest BCUT2D eigenvalue weighted by Crippen LogP contribution is -2.49. The number of carbonyl (C=O) groups is 1. The molecule has 0 N–H and O–H groups in total. The van der Waals surface area contributed by atoms with Crippen molar-refractivity contribution < 1.29 is 4.79 Å². The van der Waals surface area contributed by atoms with Gasteiger partial charge in [-0.15, -0.1) is 0 Å². The van der Waals surface area contributed by atoms with Crippen molar-refractivity contribution >= 4 is 43.5 Å². The lowest BCUT2D eigenvalue weighted by molar-refractivity contribution is 0.0979. The second-order valence-corrected chi connectivity index (χ2v) is 7.06. The normalized spacial score (nSPS) is 23.5. The summed E-state index contributed by atoms with van der Waals surface area (Å²) in [6.07, 6.45) is 0. The van der Waals surface area contributed by atoms with Crippen LogP contribution in [0.25, 0.3) is 0 Å². The molecule has 0 saturated heterocycles. The fraction of sp³-hybridized carbons (Fsp3) is 0.176. The zero-order valence-corrected chi connectivity index (χ0v) is 14.7. The average Bonchev–Trinajstić information content (AvgIpc) is 2.58. The highest BCUT2D eigenvalue weighted by Gasteiger charge is 2.41. The number of alkyl halides is 2. The summed E-state index contributed by atoms with van der Waals surface area (Å²) in [5.41, 5.74) is 2.35. The Balaban J connectivity index is 2.14. The summed E-state index contributed by atoms with van der Waals surface area (Å²) in [5, 5.41) is 9.58. The summed E-state index contributed by atoms with van der Waals surface area (Å²) >= 11 is 7.20. The summed E-state index contributed by atoms with van der Waals surface area (Å²) in [4.78, 5) is 14.3. The number of nitrogens with zero attached hydrogens (tertiary/aromatic N) is 2. The van der Waals surface area contributed by atoms with Crippen molar-refractivity contribution in [1.29, 1.82) is 5.26 Å². The Bertz CT molecular complexity index is 742. The van der Waals surface area contributed by atoms with Crippen LogP contribution >= 0.6 is 31.9 Å². The van der Waals surface area contributed by atoms with Crippen LogP contribution in [0.4, 0.5) is 5.69 Å². The molecule has 0 radical (unpaired) electrons. The number of halogens is 2. The quantitative estimate of drug-likeness (QED) is 0.641. The Hall–Kier alpha value is -1.64. The minimum absolute atomic E-state index is 0.0202. The van der Waals surface area contributed by atoms with E-state index in [-0.39, 0.29) is 15.6 Å². The first kappa shape index (κ1) is 15.3. The van der Waals surface area contributed by atoms with Crippen LogP contribution in [0, 0.1) is 11.3 Å². The molecule has 1 aliphatic rings. The molecule has 2 aromatic carbocycles. The first-order valence-corrected chi connectivity index (χ1v) is 8.63. The molecule has 3 unspecified atom stereocenters. The molecule has 1 heterocycles. The highest BCUT2D eigenvalue weighted by molar-refractivity contribution is 9.12. The molecular formula is C17H12Br2N2O. The van der Waals surface area contributed by atoms with E-state index < -0.39 is 6.04 Å². The van der Waals surface area contributed by atoms with Crippen LogP contribution in [0.2, 0.25) is 0 Å². The van der Waals surface area contributed by atoms with E-state index in [1.165, 1.54) is 0 Å². The van der Waals surface area contributed by atoms with Gasteiger partial charge in [-0.1, -0.05) is 68.3 Å². The molecule has 0 aliphatic carbocycles. The van der Waals surface area contributed by atoms with Gasteiger partial charge in [0.2, 0.25) is 0 Å². The second-order valence-electron chi connectivity index (χ2n) is 5.02. The van der Waals surface area contributed by atoms with E-state index in [0.717, 1.165) is 11.3 Å². The molecule has 3 rings (SSSR count). The van der Waals surface area contributed by atoms with Crippen LogP contribution in [0.3, 0.4) is 0 Å². The molecule has 1 aliphatic heterocycles. The second kappa shape index (κ2) is 6.23. The van der Waals surface area contributed by atoms with Crippen LogP contribution in [0.15, 0.2) is 54.6 Å². The van der Waals surface area contributed by atoms with Gasteiger partial charge in [-0.2, -0.15) is 5.26 Å². The zero-order chi connectivity index (χ0) is 15.7. The molecule has 22 heavy (non-hydrogen) atoms. The number of carbonyl (C=O) groups excluding carboxylic acids is 1. The molecular weight excluding hydrogens is 408 g/mol. The summed E-state index contributed by atoms with van der Waals surface area (Å²) < 4.78 is 0. The minimum atomic E-state index is -0.577. The van der Waals surface area contributed by atoms with Gasteiger partial charge < -0.3 is 0 Å². The third kappa shape index (κ3) is 2.47. The SMILES string of the molecule is N#CC1C(Br)C(Br)c2ccccc2N1C(=O)c1ccccc1. The maximum absolute atomic E-state index is 12.9. The van der Waals surface area contributed by atoms with Gasteiger partial charge in [0, 0.05) is 11.3 Å². The molecule has 110 valence electrons. The number of amides is 1. The van der Waals surface area contributed by atoms with Crippen LogP contribution in [-0.4, -0.2) is 16.8 Å². The third-order valence-electron chi connectivity index (χ3n) is 3.72. The molecule has 0 spiro atoms. The monoisotopic (exact) mass is 418 g/mol. The van der Waals surface area contributed by atoms with Gasteiger partial charge in [0.05, 0.1) is 15.7 Å². The summed E-state index contributed by atoms with van der Waals surface area (Å²) in [5.74, 6) is -0.163. The summed E-state index contributed by atoms with van der Waals surface area (Å²) in [6.45, 7) is 0. The number of anilines is 1. The fourth-order valence-electron chi connectivity index (χ4n) is 2.65. The van der Waals surface area contributed by atoms with E-state index in [1.54, 1.807) is 17.0 Å². The summed E-state index contributed by atoms with van der Waals surface area (Å²) in [6, 6.07) is 18.4. The van der Waals surface area contributed by atoms with Crippen LogP contribution in [-0.2, 0) is 0 Å². The van der Waals surface area contributed by atoms with Crippen molar-refractivity contribution in [2.75, 3.05) is 4.90 Å². The van der Waals surface area contributed by atoms with Gasteiger partial charge in [-0.3, -0.25) is 9.69 Å². The van der Waals surface area contributed by atoms with Crippen LogP contribution < -0.4 is 4.90 Å². The molecule has 0 bridgehead atoms. The van der Waals surface area contributed by atoms with Gasteiger partial charge in [0.1, 0.15) is 6.04 Å². The van der Waals surface area contributed by atoms with Crippen LogP contribution in [0.5, 0.6) is 0 Å². The maximum Gasteiger partial charge on any atom is 0.259 e. The molecule has 0 saturated carbocycles.